The van der Waals surface area contributed by atoms with Gasteiger partial charge in [0.15, 0.2) is 0 Å². The first-order valence-electron chi connectivity index (χ1n) is 8.25. The molecule has 1 aromatic carbocycles. The molecule has 0 saturated heterocycles. The first kappa shape index (κ1) is 18.6. The van der Waals surface area contributed by atoms with Crippen molar-refractivity contribution < 1.29 is 12.9 Å². The summed E-state index contributed by atoms with van der Waals surface area (Å²) in [5, 5.41) is 9.06. The highest BCUT2D eigenvalue weighted by Gasteiger charge is 2.21. The van der Waals surface area contributed by atoms with Gasteiger partial charge in [0.1, 0.15) is 0 Å². The highest BCUT2D eigenvalue weighted by atomic mass is 32.2. The average Bonchev–Trinajstić information content (AvgIpc) is 3.32. The Balaban J connectivity index is 1.65. The molecular formula is C17H20N4O3S2. The third-order valence-electron chi connectivity index (χ3n) is 3.85. The molecule has 0 atom stereocenters. The number of hydrogen-bond acceptors (Lipinski definition) is 7. The second-order valence-electron chi connectivity index (χ2n) is 5.46. The lowest BCUT2D eigenvalue weighted by Gasteiger charge is -2.18. The highest BCUT2D eigenvalue weighted by molar-refractivity contribution is 7.89. The van der Waals surface area contributed by atoms with Crippen LogP contribution in [-0.4, -0.2) is 36.0 Å². The van der Waals surface area contributed by atoms with Gasteiger partial charge in [-0.3, -0.25) is 0 Å². The van der Waals surface area contributed by atoms with Crippen LogP contribution in [0.2, 0.25) is 0 Å². The first-order chi connectivity index (χ1) is 12.5. The number of thiophene rings is 1. The van der Waals surface area contributed by atoms with Gasteiger partial charge in [-0.2, -0.15) is 9.29 Å². The summed E-state index contributed by atoms with van der Waals surface area (Å²) in [7, 11) is -3.44. The predicted molar refractivity (Wildman–Crippen MR) is 101 cm³/mol. The van der Waals surface area contributed by atoms with Gasteiger partial charge in [-0.15, -0.1) is 11.3 Å². The van der Waals surface area contributed by atoms with Crippen molar-refractivity contribution >= 4 is 27.0 Å². The number of hydrogen-bond donors (Lipinski definition) is 1. The smallest absolute Gasteiger partial charge is 0.246 e. The van der Waals surface area contributed by atoms with Gasteiger partial charge in [0, 0.05) is 18.8 Å². The third-order valence-corrected chi connectivity index (χ3v) is 6.78. The highest BCUT2D eigenvalue weighted by Crippen LogP contribution is 2.22. The number of nitrogens with one attached hydrogen (secondary N) is 1. The molecule has 3 rings (SSSR count). The zero-order valence-electron chi connectivity index (χ0n) is 14.5. The number of benzene rings is 1. The molecule has 0 amide bonds. The fourth-order valence-corrected chi connectivity index (χ4v) is 4.57. The van der Waals surface area contributed by atoms with Gasteiger partial charge in [-0.1, -0.05) is 25.1 Å². The van der Waals surface area contributed by atoms with E-state index in [9.17, 15) is 8.42 Å². The molecule has 9 heteroatoms. The van der Waals surface area contributed by atoms with Crippen LogP contribution in [0.3, 0.4) is 0 Å². The zero-order chi connectivity index (χ0) is 18.6. The lowest BCUT2D eigenvalue weighted by Crippen LogP contribution is -2.30. The third kappa shape index (κ3) is 3.95. The fraction of sp³-hybridized carbons (Fsp3) is 0.294. The Morgan fingerprint density at radius 1 is 1.15 bits per heavy atom. The van der Waals surface area contributed by atoms with Crippen molar-refractivity contribution in [3.63, 3.8) is 0 Å². The normalized spacial score (nSPS) is 11.8. The molecule has 2 aromatic heterocycles. The molecule has 0 aliphatic carbocycles. The van der Waals surface area contributed by atoms with Gasteiger partial charge in [-0.05, 0) is 35.7 Å². The van der Waals surface area contributed by atoms with Crippen molar-refractivity contribution in [3.05, 3.63) is 47.7 Å². The van der Waals surface area contributed by atoms with E-state index in [2.05, 4.69) is 15.5 Å². The Kier molecular flexibility index (Phi) is 5.70. The van der Waals surface area contributed by atoms with Crippen LogP contribution < -0.4 is 5.32 Å². The van der Waals surface area contributed by atoms with Gasteiger partial charge in [0.2, 0.25) is 21.7 Å². The lowest BCUT2D eigenvalue weighted by atomic mass is 10.3. The van der Waals surface area contributed by atoms with Crippen LogP contribution in [0.5, 0.6) is 0 Å². The van der Waals surface area contributed by atoms with Crippen LogP contribution in [0.4, 0.5) is 5.69 Å². The standard InChI is InChI=1S/C17H20N4O3S2/c1-3-21(4-2)26(22,23)14-9-7-13(8-10-14)18-12-16-19-17(20-24-16)15-6-5-11-25-15/h5-11,18H,3-4,12H2,1-2H3. The second kappa shape index (κ2) is 7.98. The van der Waals surface area contributed by atoms with Crippen LogP contribution in [0.15, 0.2) is 51.2 Å². The molecule has 0 bridgehead atoms. The number of aromatic nitrogens is 2. The average molecular weight is 393 g/mol. The van der Waals surface area contributed by atoms with Crippen molar-refractivity contribution in [1.29, 1.82) is 0 Å². The monoisotopic (exact) mass is 392 g/mol. The van der Waals surface area contributed by atoms with E-state index in [1.165, 1.54) is 4.31 Å². The minimum Gasteiger partial charge on any atom is -0.376 e. The maximum atomic E-state index is 12.5. The zero-order valence-corrected chi connectivity index (χ0v) is 16.2. The van der Waals surface area contributed by atoms with Crippen LogP contribution in [0, 0.1) is 0 Å². The molecular weight excluding hydrogens is 372 g/mol. The molecule has 3 aromatic rings. The molecule has 0 fully saturated rings. The summed E-state index contributed by atoms with van der Waals surface area (Å²) in [5.74, 6) is 1.03. The fourth-order valence-electron chi connectivity index (χ4n) is 2.47. The molecule has 0 aliphatic rings. The summed E-state index contributed by atoms with van der Waals surface area (Å²) in [6.45, 7) is 4.91. The van der Waals surface area contributed by atoms with Gasteiger partial charge in [0.05, 0.1) is 16.3 Å². The number of nitrogens with zero attached hydrogens (tertiary/aromatic N) is 3. The van der Waals surface area contributed by atoms with Gasteiger partial charge < -0.3 is 9.84 Å². The van der Waals surface area contributed by atoms with Crippen LogP contribution >= 0.6 is 11.3 Å². The quantitative estimate of drug-likeness (QED) is 0.632. The van der Waals surface area contributed by atoms with E-state index in [0.29, 0.717) is 31.3 Å². The molecule has 26 heavy (non-hydrogen) atoms. The maximum absolute atomic E-state index is 12.5. The topological polar surface area (TPSA) is 88.3 Å². The second-order valence-corrected chi connectivity index (χ2v) is 8.34. The lowest BCUT2D eigenvalue weighted by molar-refractivity contribution is 0.384. The van der Waals surface area contributed by atoms with Crippen molar-refractivity contribution in [2.24, 2.45) is 0 Å². The summed E-state index contributed by atoms with van der Waals surface area (Å²) >= 11 is 1.55. The molecule has 0 unspecified atom stereocenters. The number of anilines is 1. The van der Waals surface area contributed by atoms with E-state index >= 15 is 0 Å². The van der Waals surface area contributed by atoms with Crippen molar-refractivity contribution in [2.75, 3.05) is 18.4 Å². The summed E-state index contributed by atoms with van der Waals surface area (Å²) in [4.78, 5) is 5.57. The van der Waals surface area contributed by atoms with E-state index in [1.807, 2.05) is 31.4 Å². The Labute approximate surface area is 156 Å². The maximum Gasteiger partial charge on any atom is 0.246 e. The van der Waals surface area contributed by atoms with E-state index in [1.54, 1.807) is 35.6 Å². The largest absolute Gasteiger partial charge is 0.376 e. The summed E-state index contributed by atoms with van der Waals surface area (Å²) in [5.41, 5.74) is 0.777. The molecule has 0 spiro atoms. The number of sulfonamides is 1. The molecule has 138 valence electrons. The van der Waals surface area contributed by atoms with E-state index in [-0.39, 0.29) is 4.90 Å². The summed E-state index contributed by atoms with van der Waals surface area (Å²) in [6, 6.07) is 10.5. The minimum atomic E-state index is -3.44. The van der Waals surface area contributed by atoms with Gasteiger partial charge in [0.25, 0.3) is 0 Å². The molecule has 0 radical (unpaired) electrons. The summed E-state index contributed by atoms with van der Waals surface area (Å²) < 4.78 is 31.6. The Morgan fingerprint density at radius 3 is 2.50 bits per heavy atom. The molecule has 1 N–H and O–H groups in total. The minimum absolute atomic E-state index is 0.282. The Morgan fingerprint density at radius 2 is 1.88 bits per heavy atom. The summed E-state index contributed by atoms with van der Waals surface area (Å²) in [6.07, 6.45) is 0. The molecule has 2 heterocycles. The van der Waals surface area contributed by atoms with Crippen LogP contribution in [0.25, 0.3) is 10.7 Å². The Bertz CT molecular complexity index is 931. The van der Waals surface area contributed by atoms with Crippen LogP contribution in [-0.2, 0) is 16.6 Å². The van der Waals surface area contributed by atoms with E-state index in [0.717, 1.165) is 10.6 Å². The SMILES string of the molecule is CCN(CC)S(=O)(=O)c1ccc(NCc2nc(-c3cccs3)no2)cc1. The predicted octanol–water partition coefficient (Wildman–Crippen LogP) is 3.44. The van der Waals surface area contributed by atoms with Gasteiger partial charge >= 0.3 is 0 Å². The van der Waals surface area contributed by atoms with E-state index in [4.69, 9.17) is 4.52 Å². The number of rotatable bonds is 8. The first-order valence-corrected chi connectivity index (χ1v) is 10.6. The van der Waals surface area contributed by atoms with Crippen molar-refractivity contribution in [1.82, 2.24) is 14.4 Å². The Hall–Kier alpha value is -2.23. The molecule has 0 saturated carbocycles. The van der Waals surface area contributed by atoms with Crippen molar-refractivity contribution in [2.45, 2.75) is 25.3 Å². The van der Waals surface area contributed by atoms with Gasteiger partial charge in [-0.25, -0.2) is 8.42 Å². The van der Waals surface area contributed by atoms with Crippen LogP contribution in [0.1, 0.15) is 19.7 Å². The molecule has 0 aliphatic heterocycles. The van der Waals surface area contributed by atoms with Crippen molar-refractivity contribution in [3.8, 4) is 10.7 Å². The van der Waals surface area contributed by atoms with E-state index < -0.39 is 10.0 Å². The molecule has 7 nitrogen and oxygen atoms in total.